The molecule has 1 aliphatic rings. The van der Waals surface area contributed by atoms with Gasteiger partial charge in [-0.25, -0.2) is 4.98 Å². The van der Waals surface area contributed by atoms with Crippen molar-refractivity contribution in [2.24, 2.45) is 0 Å². The number of amides is 1. The SMILES string of the molecule is Cl.O=C(Nc1ccc(N2CCNCC2)cn1)c1cccc(OC(F)F)c1. The summed E-state index contributed by atoms with van der Waals surface area (Å²) >= 11 is 0. The van der Waals surface area contributed by atoms with E-state index in [2.05, 4.69) is 25.3 Å². The van der Waals surface area contributed by atoms with Crippen LogP contribution in [0.15, 0.2) is 42.6 Å². The Bertz CT molecular complexity index is 725. The zero-order valence-electron chi connectivity index (χ0n) is 13.8. The molecule has 0 saturated carbocycles. The van der Waals surface area contributed by atoms with Crippen LogP contribution >= 0.6 is 12.4 Å². The number of piperazine rings is 1. The molecule has 0 spiro atoms. The highest BCUT2D eigenvalue weighted by Crippen LogP contribution is 2.18. The van der Waals surface area contributed by atoms with Crippen molar-refractivity contribution in [2.45, 2.75) is 6.61 Å². The van der Waals surface area contributed by atoms with E-state index in [0.29, 0.717) is 5.82 Å². The standard InChI is InChI=1S/C17H18F2N4O2.ClH/c18-17(19)25-14-3-1-2-12(10-14)16(24)22-15-5-4-13(11-21-15)23-8-6-20-7-9-23;/h1-5,10-11,17,20H,6-9H2,(H,21,22,24);1H. The van der Waals surface area contributed by atoms with E-state index in [1.54, 1.807) is 12.3 Å². The summed E-state index contributed by atoms with van der Waals surface area (Å²) in [5.74, 6) is -0.115. The molecule has 140 valence electrons. The van der Waals surface area contributed by atoms with E-state index in [-0.39, 0.29) is 23.7 Å². The average molecular weight is 385 g/mol. The summed E-state index contributed by atoms with van der Waals surface area (Å²) in [7, 11) is 0. The molecule has 1 aromatic heterocycles. The molecule has 0 aliphatic carbocycles. The Morgan fingerprint density at radius 3 is 2.65 bits per heavy atom. The van der Waals surface area contributed by atoms with Crippen LogP contribution in [-0.2, 0) is 0 Å². The highest BCUT2D eigenvalue weighted by molar-refractivity contribution is 6.04. The molecule has 0 bridgehead atoms. The summed E-state index contributed by atoms with van der Waals surface area (Å²) in [6.07, 6.45) is 1.71. The van der Waals surface area contributed by atoms with E-state index in [1.165, 1.54) is 24.3 Å². The van der Waals surface area contributed by atoms with Crippen LogP contribution in [0.4, 0.5) is 20.3 Å². The summed E-state index contributed by atoms with van der Waals surface area (Å²) < 4.78 is 28.8. The molecule has 2 N–H and O–H groups in total. The molecule has 6 nitrogen and oxygen atoms in total. The number of rotatable bonds is 5. The van der Waals surface area contributed by atoms with Crippen LogP contribution in [0, 0.1) is 0 Å². The number of carbonyl (C=O) groups excluding carboxylic acids is 1. The van der Waals surface area contributed by atoms with Gasteiger partial charge in [-0.1, -0.05) is 6.07 Å². The molecular weight excluding hydrogens is 366 g/mol. The minimum atomic E-state index is -2.93. The maximum Gasteiger partial charge on any atom is 0.387 e. The summed E-state index contributed by atoms with van der Waals surface area (Å²) in [6, 6.07) is 9.23. The maximum atomic E-state index is 12.3. The lowest BCUT2D eigenvalue weighted by Gasteiger charge is -2.29. The van der Waals surface area contributed by atoms with E-state index >= 15 is 0 Å². The van der Waals surface area contributed by atoms with Crippen LogP contribution in [0.5, 0.6) is 5.75 Å². The number of hydrogen-bond donors (Lipinski definition) is 2. The predicted octanol–water partition coefficient (Wildman–Crippen LogP) is 2.77. The quantitative estimate of drug-likeness (QED) is 0.829. The molecule has 1 amide bonds. The van der Waals surface area contributed by atoms with Crippen molar-refractivity contribution in [3.63, 3.8) is 0 Å². The number of carbonyl (C=O) groups is 1. The van der Waals surface area contributed by atoms with Gasteiger partial charge >= 0.3 is 6.61 Å². The number of benzene rings is 1. The van der Waals surface area contributed by atoms with Crippen LogP contribution in [0.1, 0.15) is 10.4 Å². The van der Waals surface area contributed by atoms with E-state index in [1.807, 2.05) is 6.07 Å². The Morgan fingerprint density at radius 2 is 2.00 bits per heavy atom. The van der Waals surface area contributed by atoms with Crippen LogP contribution in [-0.4, -0.2) is 43.7 Å². The lowest BCUT2D eigenvalue weighted by atomic mass is 10.2. The third-order valence-corrected chi connectivity index (χ3v) is 3.79. The van der Waals surface area contributed by atoms with Crippen molar-refractivity contribution in [3.05, 3.63) is 48.2 Å². The molecule has 9 heteroatoms. The van der Waals surface area contributed by atoms with Crippen molar-refractivity contribution >= 4 is 29.8 Å². The topological polar surface area (TPSA) is 66.5 Å². The predicted molar refractivity (Wildman–Crippen MR) is 97.6 cm³/mol. The van der Waals surface area contributed by atoms with Gasteiger partial charge in [0.25, 0.3) is 5.91 Å². The van der Waals surface area contributed by atoms with Gasteiger partial charge in [0.1, 0.15) is 11.6 Å². The minimum Gasteiger partial charge on any atom is -0.435 e. The number of aromatic nitrogens is 1. The molecule has 0 radical (unpaired) electrons. The van der Waals surface area contributed by atoms with Gasteiger partial charge in [0.05, 0.1) is 11.9 Å². The van der Waals surface area contributed by atoms with Gasteiger partial charge in [-0.05, 0) is 30.3 Å². The lowest BCUT2D eigenvalue weighted by molar-refractivity contribution is -0.0498. The van der Waals surface area contributed by atoms with Crippen LogP contribution in [0.3, 0.4) is 0 Å². The number of nitrogens with zero attached hydrogens (tertiary/aromatic N) is 2. The first-order valence-electron chi connectivity index (χ1n) is 7.90. The second kappa shape index (κ2) is 9.30. The van der Waals surface area contributed by atoms with Crippen LogP contribution in [0.2, 0.25) is 0 Å². The summed E-state index contributed by atoms with van der Waals surface area (Å²) in [4.78, 5) is 18.7. The summed E-state index contributed by atoms with van der Waals surface area (Å²) in [6.45, 7) is 0.733. The lowest BCUT2D eigenvalue weighted by Crippen LogP contribution is -2.43. The minimum absolute atomic E-state index is 0. The number of nitrogens with one attached hydrogen (secondary N) is 2. The fraction of sp³-hybridized carbons (Fsp3) is 0.294. The average Bonchev–Trinajstić information content (AvgIpc) is 2.63. The Kier molecular flexibility index (Phi) is 7.11. The fourth-order valence-electron chi connectivity index (χ4n) is 2.57. The van der Waals surface area contributed by atoms with Gasteiger partial charge < -0.3 is 20.3 Å². The van der Waals surface area contributed by atoms with Crippen LogP contribution < -0.4 is 20.3 Å². The third-order valence-electron chi connectivity index (χ3n) is 3.79. The van der Waals surface area contributed by atoms with E-state index < -0.39 is 12.5 Å². The first kappa shape index (κ1) is 19.9. The first-order valence-corrected chi connectivity index (χ1v) is 7.90. The molecule has 0 atom stereocenters. The van der Waals surface area contributed by atoms with Crippen molar-refractivity contribution in [2.75, 3.05) is 36.4 Å². The summed E-state index contributed by atoms with van der Waals surface area (Å²) in [5.41, 5.74) is 1.21. The van der Waals surface area contributed by atoms with Crippen LogP contribution in [0.25, 0.3) is 0 Å². The Balaban J connectivity index is 0.00000243. The number of alkyl halides is 2. The molecule has 2 heterocycles. The number of pyridine rings is 1. The Labute approximate surface area is 156 Å². The van der Waals surface area contributed by atoms with Crippen molar-refractivity contribution in [1.29, 1.82) is 0 Å². The van der Waals surface area contributed by atoms with Crippen molar-refractivity contribution in [3.8, 4) is 5.75 Å². The van der Waals surface area contributed by atoms with E-state index in [0.717, 1.165) is 31.9 Å². The van der Waals surface area contributed by atoms with Crippen molar-refractivity contribution in [1.82, 2.24) is 10.3 Å². The zero-order valence-corrected chi connectivity index (χ0v) is 14.6. The van der Waals surface area contributed by atoms with Gasteiger partial charge in [0.2, 0.25) is 0 Å². The van der Waals surface area contributed by atoms with Gasteiger partial charge in [-0.15, -0.1) is 12.4 Å². The maximum absolute atomic E-state index is 12.3. The molecule has 0 unspecified atom stereocenters. The molecule has 1 saturated heterocycles. The molecule has 1 aliphatic heterocycles. The van der Waals surface area contributed by atoms with Gasteiger partial charge in [-0.3, -0.25) is 4.79 Å². The number of ether oxygens (including phenoxy) is 1. The molecule has 2 aromatic rings. The zero-order chi connectivity index (χ0) is 17.6. The third kappa shape index (κ3) is 5.27. The fourth-order valence-corrected chi connectivity index (χ4v) is 2.57. The largest absolute Gasteiger partial charge is 0.435 e. The molecule has 3 rings (SSSR count). The number of anilines is 2. The van der Waals surface area contributed by atoms with Gasteiger partial charge in [-0.2, -0.15) is 8.78 Å². The molecule has 1 fully saturated rings. The van der Waals surface area contributed by atoms with E-state index in [9.17, 15) is 13.6 Å². The highest BCUT2D eigenvalue weighted by atomic mass is 35.5. The molecule has 1 aromatic carbocycles. The molecular formula is C17H19ClF2N4O2. The second-order valence-electron chi connectivity index (χ2n) is 5.50. The highest BCUT2D eigenvalue weighted by Gasteiger charge is 2.12. The number of hydrogen-bond acceptors (Lipinski definition) is 5. The monoisotopic (exact) mass is 384 g/mol. The summed E-state index contributed by atoms with van der Waals surface area (Å²) in [5, 5.41) is 5.93. The van der Waals surface area contributed by atoms with Gasteiger partial charge in [0.15, 0.2) is 0 Å². The van der Waals surface area contributed by atoms with Gasteiger partial charge in [0, 0.05) is 31.7 Å². The normalized spacial score (nSPS) is 13.9. The molecule has 26 heavy (non-hydrogen) atoms. The van der Waals surface area contributed by atoms with E-state index in [4.69, 9.17) is 0 Å². The second-order valence-corrected chi connectivity index (χ2v) is 5.50. The van der Waals surface area contributed by atoms with Crippen molar-refractivity contribution < 1.29 is 18.3 Å². The Morgan fingerprint density at radius 1 is 1.23 bits per heavy atom. The number of halogens is 3. The smallest absolute Gasteiger partial charge is 0.387 e. The first-order chi connectivity index (χ1) is 12.1. The Hall–Kier alpha value is -2.45.